The number of halogens is 1. The third-order valence-corrected chi connectivity index (χ3v) is 7.90. The molecule has 1 heterocycles. The highest BCUT2D eigenvalue weighted by Crippen LogP contribution is 2.33. The van der Waals surface area contributed by atoms with Gasteiger partial charge in [-0.05, 0) is 60.1 Å². The van der Waals surface area contributed by atoms with Gasteiger partial charge in [-0.25, -0.2) is 0 Å². The first-order valence-electron chi connectivity index (χ1n) is 13.6. The normalized spacial score (nSPS) is 17.0. The van der Waals surface area contributed by atoms with Crippen LogP contribution in [-0.2, 0) is 27.3 Å². The fourth-order valence-electron chi connectivity index (χ4n) is 5.64. The predicted octanol–water partition coefficient (Wildman–Crippen LogP) is 5.64. The van der Waals surface area contributed by atoms with E-state index in [1.54, 1.807) is 0 Å². The highest BCUT2D eigenvalue weighted by atomic mass is 35.5. The molecular formula is C30H37ClN2O5. The number of nitrogens with zero attached hydrogens (tertiary/aromatic N) is 2. The second kappa shape index (κ2) is 13.3. The van der Waals surface area contributed by atoms with Gasteiger partial charge < -0.3 is 9.84 Å². The lowest BCUT2D eigenvalue weighted by atomic mass is 9.98. The Morgan fingerprint density at radius 2 is 1.79 bits per heavy atom. The fraction of sp³-hybridized carbons (Fsp3) is 0.500. The summed E-state index contributed by atoms with van der Waals surface area (Å²) in [6, 6.07) is 13.4. The number of amides is 2. The van der Waals surface area contributed by atoms with Crippen LogP contribution in [-0.4, -0.2) is 52.4 Å². The van der Waals surface area contributed by atoms with Gasteiger partial charge in [0.1, 0.15) is 12.4 Å². The van der Waals surface area contributed by atoms with Crippen LogP contribution in [0.25, 0.3) is 0 Å². The molecule has 1 atom stereocenters. The number of benzene rings is 2. The highest BCUT2D eigenvalue weighted by Gasteiger charge is 2.29. The zero-order valence-corrected chi connectivity index (χ0v) is 22.8. The molecule has 38 heavy (non-hydrogen) atoms. The van der Waals surface area contributed by atoms with Crippen molar-refractivity contribution in [2.75, 3.05) is 19.7 Å². The van der Waals surface area contributed by atoms with E-state index in [1.165, 1.54) is 30.6 Å². The molecule has 2 aliphatic rings. The molecule has 8 heteroatoms. The number of carboxylic acid groups (broad SMARTS) is 1. The summed E-state index contributed by atoms with van der Waals surface area (Å²) in [5.74, 6) is 0.210. The van der Waals surface area contributed by atoms with E-state index < -0.39 is 5.97 Å². The number of ether oxygens (including phenoxy) is 1. The van der Waals surface area contributed by atoms with Gasteiger partial charge >= 0.3 is 5.97 Å². The summed E-state index contributed by atoms with van der Waals surface area (Å²) >= 11 is 6.13. The number of aliphatic carboxylic acids is 1. The van der Waals surface area contributed by atoms with Crippen LogP contribution < -0.4 is 4.74 Å². The van der Waals surface area contributed by atoms with E-state index in [0.717, 1.165) is 35.4 Å². The second-order valence-electron chi connectivity index (χ2n) is 10.3. The van der Waals surface area contributed by atoms with Crippen LogP contribution in [0.4, 0.5) is 0 Å². The molecule has 204 valence electrons. The van der Waals surface area contributed by atoms with Crippen molar-refractivity contribution in [1.82, 2.24) is 9.80 Å². The zero-order chi connectivity index (χ0) is 27.1. The minimum atomic E-state index is -0.825. The Hall–Kier alpha value is -2.90. The Bertz CT molecular complexity index is 1110. The number of carboxylic acids is 1. The molecule has 0 unspecified atom stereocenters. The Balaban J connectivity index is 1.51. The van der Waals surface area contributed by atoms with Crippen LogP contribution in [0.3, 0.4) is 0 Å². The van der Waals surface area contributed by atoms with Gasteiger partial charge in [-0.3, -0.25) is 24.2 Å². The summed E-state index contributed by atoms with van der Waals surface area (Å²) < 4.78 is 5.98. The highest BCUT2D eigenvalue weighted by molar-refractivity contribution is 6.30. The third kappa shape index (κ3) is 7.35. The molecule has 0 aromatic heterocycles. The van der Waals surface area contributed by atoms with Crippen molar-refractivity contribution in [2.24, 2.45) is 5.92 Å². The summed E-state index contributed by atoms with van der Waals surface area (Å²) in [6.45, 7) is 4.06. The van der Waals surface area contributed by atoms with Crippen molar-refractivity contribution in [3.05, 3.63) is 64.2 Å². The molecule has 2 aromatic carbocycles. The lowest BCUT2D eigenvalue weighted by Gasteiger charge is -2.33. The first-order valence-corrected chi connectivity index (χ1v) is 14.0. The molecule has 0 radical (unpaired) electrons. The average Bonchev–Trinajstić information content (AvgIpc) is 3.53. The maximum absolute atomic E-state index is 11.9. The Labute approximate surface area is 229 Å². The lowest BCUT2D eigenvalue weighted by molar-refractivity contribution is -0.140. The van der Waals surface area contributed by atoms with Crippen molar-refractivity contribution in [2.45, 2.75) is 70.9 Å². The molecule has 1 aliphatic carbocycles. The second-order valence-corrected chi connectivity index (χ2v) is 10.8. The number of rotatable bonds is 13. The van der Waals surface area contributed by atoms with Gasteiger partial charge in [-0.15, -0.1) is 0 Å². The van der Waals surface area contributed by atoms with Gasteiger partial charge in [0.2, 0.25) is 11.8 Å². The Morgan fingerprint density at radius 3 is 2.42 bits per heavy atom. The number of carbonyl (C=O) groups excluding carboxylic acids is 2. The van der Waals surface area contributed by atoms with Gasteiger partial charge in [0.25, 0.3) is 0 Å². The Morgan fingerprint density at radius 1 is 1.11 bits per heavy atom. The standard InChI is InChI=1S/C30H37ClN2O5/c1-2-23-17-22(7-12-27(23)38-16-15-33-28(34)13-14-29(33)35)20-32(19-21-5-3-4-6-21)26(18-30(36)37)24-8-10-25(31)11-9-24/h7-12,17,21,26H,2-6,13-16,18-20H2,1H3,(H,36,37)/t26-/m0/s1. The molecule has 1 saturated carbocycles. The van der Waals surface area contributed by atoms with Gasteiger partial charge in [0, 0.05) is 37.0 Å². The number of imide groups is 1. The molecule has 2 aromatic rings. The van der Waals surface area contributed by atoms with E-state index in [-0.39, 0.29) is 50.3 Å². The molecule has 0 bridgehead atoms. The molecule has 1 N–H and O–H groups in total. The zero-order valence-electron chi connectivity index (χ0n) is 22.0. The summed E-state index contributed by atoms with van der Waals surface area (Å²) in [5.41, 5.74) is 3.10. The number of aryl methyl sites for hydroxylation is 1. The van der Waals surface area contributed by atoms with Crippen LogP contribution >= 0.6 is 11.6 Å². The summed E-state index contributed by atoms with van der Waals surface area (Å²) in [4.78, 5) is 39.2. The molecule has 2 fully saturated rings. The first-order chi connectivity index (χ1) is 18.3. The topological polar surface area (TPSA) is 87.2 Å². The largest absolute Gasteiger partial charge is 0.491 e. The van der Waals surface area contributed by atoms with Crippen molar-refractivity contribution >= 4 is 29.4 Å². The summed E-state index contributed by atoms with van der Waals surface area (Å²) in [6.07, 6.45) is 6.15. The van der Waals surface area contributed by atoms with Crippen molar-refractivity contribution < 1.29 is 24.2 Å². The smallest absolute Gasteiger partial charge is 0.305 e. The lowest BCUT2D eigenvalue weighted by Crippen LogP contribution is -2.34. The van der Waals surface area contributed by atoms with Gasteiger partial charge in [-0.2, -0.15) is 0 Å². The molecule has 1 saturated heterocycles. The van der Waals surface area contributed by atoms with E-state index in [1.807, 2.05) is 36.4 Å². The number of hydrogen-bond acceptors (Lipinski definition) is 5. The van der Waals surface area contributed by atoms with Crippen LogP contribution in [0.1, 0.15) is 74.6 Å². The van der Waals surface area contributed by atoms with Gasteiger partial charge in [0.15, 0.2) is 0 Å². The third-order valence-electron chi connectivity index (χ3n) is 7.65. The molecule has 1 aliphatic heterocycles. The first kappa shape index (κ1) is 28.1. The Kier molecular flexibility index (Phi) is 9.80. The number of carbonyl (C=O) groups is 3. The van der Waals surface area contributed by atoms with Crippen LogP contribution in [0.5, 0.6) is 5.75 Å². The number of hydrogen-bond donors (Lipinski definition) is 1. The minimum Gasteiger partial charge on any atom is -0.491 e. The summed E-state index contributed by atoms with van der Waals surface area (Å²) in [7, 11) is 0. The van der Waals surface area contributed by atoms with Crippen LogP contribution in [0.15, 0.2) is 42.5 Å². The van der Waals surface area contributed by atoms with Crippen LogP contribution in [0.2, 0.25) is 5.02 Å². The van der Waals surface area contributed by atoms with Crippen molar-refractivity contribution in [1.29, 1.82) is 0 Å². The number of likely N-dealkylation sites (tertiary alicyclic amines) is 1. The van der Waals surface area contributed by atoms with Crippen LogP contribution in [0, 0.1) is 5.92 Å². The molecule has 0 spiro atoms. The maximum Gasteiger partial charge on any atom is 0.305 e. The molecule has 4 rings (SSSR count). The van der Waals surface area contributed by atoms with E-state index in [2.05, 4.69) is 17.9 Å². The average molecular weight is 541 g/mol. The molecule has 2 amide bonds. The van der Waals surface area contributed by atoms with Gasteiger partial charge in [0.05, 0.1) is 13.0 Å². The van der Waals surface area contributed by atoms with E-state index in [9.17, 15) is 19.5 Å². The molecule has 7 nitrogen and oxygen atoms in total. The fourth-order valence-corrected chi connectivity index (χ4v) is 5.76. The maximum atomic E-state index is 11.9. The molecular weight excluding hydrogens is 504 g/mol. The van der Waals surface area contributed by atoms with Crippen molar-refractivity contribution in [3.63, 3.8) is 0 Å². The van der Waals surface area contributed by atoms with E-state index in [4.69, 9.17) is 16.3 Å². The quantitative estimate of drug-likeness (QED) is 0.331. The minimum absolute atomic E-state index is 0.0180. The predicted molar refractivity (Wildman–Crippen MR) is 146 cm³/mol. The van der Waals surface area contributed by atoms with Crippen molar-refractivity contribution in [3.8, 4) is 5.75 Å². The van der Waals surface area contributed by atoms with E-state index in [0.29, 0.717) is 17.5 Å². The van der Waals surface area contributed by atoms with Gasteiger partial charge in [-0.1, -0.05) is 55.6 Å². The monoisotopic (exact) mass is 540 g/mol. The van der Waals surface area contributed by atoms with E-state index >= 15 is 0 Å². The SMILES string of the molecule is CCc1cc(CN(CC2CCCC2)[C@@H](CC(=O)O)c2ccc(Cl)cc2)ccc1OCCN1C(=O)CCC1=O. The summed E-state index contributed by atoms with van der Waals surface area (Å²) in [5, 5.41) is 10.4.